The molecular weight excluding hydrogens is 378 g/mol. The predicted octanol–water partition coefficient (Wildman–Crippen LogP) is 2.91. The Balaban J connectivity index is 1.74. The van der Waals surface area contributed by atoms with Gasteiger partial charge in [-0.1, -0.05) is 6.07 Å². The Labute approximate surface area is 167 Å². The number of aryl methyl sites for hydroxylation is 1. The molecule has 1 atom stereocenters. The lowest BCUT2D eigenvalue weighted by atomic mass is 10.1. The highest BCUT2D eigenvalue weighted by Crippen LogP contribution is 2.34. The van der Waals surface area contributed by atoms with Crippen molar-refractivity contribution in [1.82, 2.24) is 0 Å². The van der Waals surface area contributed by atoms with Crippen molar-refractivity contribution in [3.8, 4) is 11.5 Å². The summed E-state index contributed by atoms with van der Waals surface area (Å²) in [6.45, 7) is 1.83. The molecule has 0 radical (unpaired) electrons. The zero-order chi connectivity index (χ0) is 21.1. The molecule has 2 aromatic carbocycles. The maximum absolute atomic E-state index is 12.6. The van der Waals surface area contributed by atoms with Crippen molar-refractivity contribution in [3.63, 3.8) is 0 Å². The van der Waals surface area contributed by atoms with Gasteiger partial charge in [0.15, 0.2) is 11.5 Å². The number of nitro benzene ring substituents is 1. The summed E-state index contributed by atoms with van der Waals surface area (Å²) in [5.74, 6) is -0.0986. The number of carbonyl (C=O) groups is 2. The Hall–Kier alpha value is -3.62. The molecule has 0 aliphatic carbocycles. The number of methoxy groups -OCH3 is 2. The van der Waals surface area contributed by atoms with E-state index in [1.54, 1.807) is 37.3 Å². The van der Waals surface area contributed by atoms with E-state index in [0.717, 1.165) is 0 Å². The topological polar surface area (TPSA) is 111 Å². The lowest BCUT2D eigenvalue weighted by Gasteiger charge is -2.18. The molecule has 1 fully saturated rings. The van der Waals surface area contributed by atoms with Crippen LogP contribution in [-0.4, -0.2) is 37.5 Å². The summed E-state index contributed by atoms with van der Waals surface area (Å²) in [6.07, 6.45) is 0.0497. The van der Waals surface area contributed by atoms with E-state index < -0.39 is 10.8 Å². The Bertz CT molecular complexity index is 975. The average Bonchev–Trinajstić information content (AvgIpc) is 3.10. The van der Waals surface area contributed by atoms with Crippen molar-refractivity contribution in [2.24, 2.45) is 5.92 Å². The highest BCUT2D eigenvalue weighted by atomic mass is 16.6. The van der Waals surface area contributed by atoms with Crippen LogP contribution in [0.4, 0.5) is 17.1 Å². The summed E-state index contributed by atoms with van der Waals surface area (Å²) >= 11 is 0. The zero-order valence-electron chi connectivity index (χ0n) is 16.3. The molecule has 3 rings (SSSR count). The number of hydrogen-bond acceptors (Lipinski definition) is 6. The molecule has 1 saturated heterocycles. The lowest BCUT2D eigenvalue weighted by molar-refractivity contribution is -0.385. The van der Waals surface area contributed by atoms with Crippen LogP contribution in [0.5, 0.6) is 11.5 Å². The molecule has 1 aliphatic heterocycles. The number of amides is 2. The first kappa shape index (κ1) is 20.1. The van der Waals surface area contributed by atoms with Crippen LogP contribution < -0.4 is 19.7 Å². The minimum absolute atomic E-state index is 0.0497. The molecule has 29 heavy (non-hydrogen) atoms. The number of rotatable bonds is 6. The van der Waals surface area contributed by atoms with Crippen molar-refractivity contribution in [3.05, 3.63) is 52.1 Å². The Morgan fingerprint density at radius 2 is 1.90 bits per heavy atom. The van der Waals surface area contributed by atoms with Gasteiger partial charge in [-0.05, 0) is 25.1 Å². The van der Waals surface area contributed by atoms with Crippen LogP contribution in [0.2, 0.25) is 0 Å². The third-order valence-corrected chi connectivity index (χ3v) is 4.85. The number of hydrogen-bond donors (Lipinski definition) is 1. The van der Waals surface area contributed by atoms with Gasteiger partial charge in [0, 0.05) is 42.0 Å². The first-order valence-corrected chi connectivity index (χ1v) is 8.92. The van der Waals surface area contributed by atoms with E-state index in [1.807, 2.05) is 0 Å². The summed E-state index contributed by atoms with van der Waals surface area (Å²) in [5, 5.41) is 13.8. The number of benzene rings is 2. The molecule has 2 aromatic rings. The molecule has 1 aliphatic rings. The van der Waals surface area contributed by atoms with Gasteiger partial charge >= 0.3 is 0 Å². The maximum atomic E-state index is 12.6. The van der Waals surface area contributed by atoms with Gasteiger partial charge < -0.3 is 19.7 Å². The number of carbonyl (C=O) groups excluding carboxylic acids is 2. The summed E-state index contributed by atoms with van der Waals surface area (Å²) < 4.78 is 10.5. The first-order valence-electron chi connectivity index (χ1n) is 8.92. The molecule has 152 valence electrons. The van der Waals surface area contributed by atoms with Crippen LogP contribution in [0.25, 0.3) is 0 Å². The van der Waals surface area contributed by atoms with E-state index in [0.29, 0.717) is 28.4 Å². The number of nitrogens with zero attached hydrogens (tertiary/aromatic N) is 2. The van der Waals surface area contributed by atoms with Crippen LogP contribution in [-0.2, 0) is 9.59 Å². The van der Waals surface area contributed by atoms with Gasteiger partial charge in [-0.25, -0.2) is 0 Å². The second kappa shape index (κ2) is 8.17. The minimum atomic E-state index is -0.573. The second-order valence-corrected chi connectivity index (χ2v) is 6.69. The van der Waals surface area contributed by atoms with Crippen LogP contribution >= 0.6 is 0 Å². The molecule has 9 heteroatoms. The minimum Gasteiger partial charge on any atom is -0.493 e. The quantitative estimate of drug-likeness (QED) is 0.591. The Kier molecular flexibility index (Phi) is 5.67. The fourth-order valence-corrected chi connectivity index (χ4v) is 3.25. The molecule has 9 nitrogen and oxygen atoms in total. The third kappa shape index (κ3) is 4.13. The highest BCUT2D eigenvalue weighted by molar-refractivity contribution is 6.03. The summed E-state index contributed by atoms with van der Waals surface area (Å²) in [7, 11) is 3.03. The van der Waals surface area contributed by atoms with E-state index in [4.69, 9.17) is 9.47 Å². The van der Waals surface area contributed by atoms with E-state index in [-0.39, 0.29) is 30.5 Å². The summed E-state index contributed by atoms with van der Waals surface area (Å²) in [4.78, 5) is 37.2. The number of ether oxygens (including phenoxy) is 2. The molecule has 1 unspecified atom stereocenters. The van der Waals surface area contributed by atoms with Crippen LogP contribution in [0.15, 0.2) is 36.4 Å². The monoisotopic (exact) mass is 399 g/mol. The van der Waals surface area contributed by atoms with E-state index in [1.165, 1.54) is 25.2 Å². The van der Waals surface area contributed by atoms with Crippen molar-refractivity contribution in [2.75, 3.05) is 31.0 Å². The van der Waals surface area contributed by atoms with Crippen molar-refractivity contribution in [2.45, 2.75) is 13.3 Å². The fraction of sp³-hybridized carbons (Fsp3) is 0.300. The smallest absolute Gasteiger partial charge is 0.274 e. The van der Waals surface area contributed by atoms with E-state index in [2.05, 4.69) is 5.32 Å². The standard InChI is InChI=1S/C20H21N3O6/c1-12-4-5-14(9-16(12)23(26)27)21-20(25)13-8-19(24)22(11-13)15-6-7-17(28-2)18(10-15)29-3/h4-7,9-10,13H,8,11H2,1-3H3,(H,21,25). The first-order chi connectivity index (χ1) is 13.8. The largest absolute Gasteiger partial charge is 0.493 e. The Morgan fingerprint density at radius 1 is 1.17 bits per heavy atom. The number of nitro groups is 1. The number of anilines is 2. The van der Waals surface area contributed by atoms with Gasteiger partial charge in [-0.15, -0.1) is 0 Å². The second-order valence-electron chi connectivity index (χ2n) is 6.69. The van der Waals surface area contributed by atoms with Gasteiger partial charge in [0.05, 0.1) is 25.1 Å². The molecular formula is C20H21N3O6. The SMILES string of the molecule is COc1ccc(N2CC(C(=O)Nc3ccc(C)c([N+](=O)[O-])c3)CC2=O)cc1OC. The molecule has 0 bridgehead atoms. The van der Waals surface area contributed by atoms with Gasteiger partial charge in [-0.2, -0.15) is 0 Å². The van der Waals surface area contributed by atoms with E-state index in [9.17, 15) is 19.7 Å². The van der Waals surface area contributed by atoms with Gasteiger partial charge in [0.25, 0.3) is 5.69 Å². The van der Waals surface area contributed by atoms with Gasteiger partial charge in [0.2, 0.25) is 11.8 Å². The average molecular weight is 399 g/mol. The van der Waals surface area contributed by atoms with Crippen LogP contribution in [0.3, 0.4) is 0 Å². The molecule has 0 spiro atoms. The van der Waals surface area contributed by atoms with Gasteiger partial charge in [-0.3, -0.25) is 19.7 Å². The molecule has 1 heterocycles. The van der Waals surface area contributed by atoms with E-state index >= 15 is 0 Å². The number of nitrogens with one attached hydrogen (secondary N) is 1. The normalized spacial score (nSPS) is 15.9. The summed E-state index contributed by atoms with van der Waals surface area (Å²) in [5.41, 5.74) is 1.36. The fourth-order valence-electron chi connectivity index (χ4n) is 3.25. The van der Waals surface area contributed by atoms with Crippen molar-refractivity contribution < 1.29 is 24.0 Å². The molecule has 2 amide bonds. The van der Waals surface area contributed by atoms with Crippen LogP contribution in [0, 0.1) is 23.0 Å². The molecule has 0 saturated carbocycles. The maximum Gasteiger partial charge on any atom is 0.274 e. The van der Waals surface area contributed by atoms with Crippen molar-refractivity contribution >= 4 is 28.9 Å². The lowest BCUT2D eigenvalue weighted by Crippen LogP contribution is -2.28. The summed E-state index contributed by atoms with van der Waals surface area (Å²) in [6, 6.07) is 9.59. The molecule has 1 N–H and O–H groups in total. The third-order valence-electron chi connectivity index (χ3n) is 4.85. The van der Waals surface area contributed by atoms with Crippen LogP contribution in [0.1, 0.15) is 12.0 Å². The predicted molar refractivity (Wildman–Crippen MR) is 106 cm³/mol. The molecule has 0 aromatic heterocycles. The zero-order valence-corrected chi connectivity index (χ0v) is 16.3. The highest BCUT2D eigenvalue weighted by Gasteiger charge is 2.35. The van der Waals surface area contributed by atoms with Gasteiger partial charge in [0.1, 0.15) is 0 Å². The van der Waals surface area contributed by atoms with Crippen molar-refractivity contribution in [1.29, 1.82) is 0 Å². The Morgan fingerprint density at radius 3 is 2.55 bits per heavy atom.